The molecule has 1 unspecified atom stereocenters. The molecule has 2 N–H and O–H groups in total. The monoisotopic (exact) mass is 347 g/mol. The largest absolute Gasteiger partial charge is 0.469 e. The zero-order valence-electron chi connectivity index (χ0n) is 13.2. The molecular formula is C16H20F3NO4. The Bertz CT molecular complexity index is 543. The third-order valence-electron chi connectivity index (χ3n) is 3.48. The minimum absolute atomic E-state index is 0.0460. The molecule has 24 heavy (non-hydrogen) atoms. The van der Waals surface area contributed by atoms with Gasteiger partial charge in [-0.25, -0.2) is 0 Å². The molecule has 1 rings (SSSR count). The lowest BCUT2D eigenvalue weighted by Gasteiger charge is -2.16. The molecule has 5 nitrogen and oxygen atoms in total. The second kappa shape index (κ2) is 9.27. The summed E-state index contributed by atoms with van der Waals surface area (Å²) in [7, 11) is 1.25. The van der Waals surface area contributed by atoms with E-state index in [1.54, 1.807) is 0 Å². The number of aliphatic hydroxyl groups is 1. The third-order valence-corrected chi connectivity index (χ3v) is 3.48. The van der Waals surface area contributed by atoms with Gasteiger partial charge in [-0.05, 0) is 24.1 Å². The summed E-state index contributed by atoms with van der Waals surface area (Å²) in [6, 6.07) is 5.98. The SMILES string of the molecule is COC(=O)CCNC(=O)c1ccc(C(CO)CCC(F)(F)F)cc1. The molecule has 0 fully saturated rings. The summed E-state index contributed by atoms with van der Waals surface area (Å²) in [4.78, 5) is 22.8. The number of methoxy groups -OCH3 is 1. The van der Waals surface area contributed by atoms with Gasteiger partial charge in [-0.2, -0.15) is 13.2 Å². The molecular weight excluding hydrogens is 327 g/mol. The molecule has 0 aromatic heterocycles. The topological polar surface area (TPSA) is 75.6 Å². The van der Waals surface area contributed by atoms with Crippen LogP contribution in [-0.4, -0.2) is 43.4 Å². The molecule has 1 aromatic rings. The molecule has 1 aromatic carbocycles. The van der Waals surface area contributed by atoms with Crippen molar-refractivity contribution in [3.05, 3.63) is 35.4 Å². The number of carbonyl (C=O) groups is 2. The number of hydrogen-bond donors (Lipinski definition) is 2. The Morgan fingerprint density at radius 1 is 1.25 bits per heavy atom. The molecule has 1 amide bonds. The van der Waals surface area contributed by atoms with E-state index in [0.717, 1.165) is 0 Å². The first-order valence-electron chi connectivity index (χ1n) is 7.39. The zero-order valence-corrected chi connectivity index (χ0v) is 13.2. The van der Waals surface area contributed by atoms with Crippen molar-refractivity contribution in [2.24, 2.45) is 0 Å². The van der Waals surface area contributed by atoms with Crippen LogP contribution in [0.15, 0.2) is 24.3 Å². The Kier molecular flexibility index (Phi) is 7.70. The maximum Gasteiger partial charge on any atom is 0.389 e. The van der Waals surface area contributed by atoms with Crippen LogP contribution < -0.4 is 5.32 Å². The fourth-order valence-corrected chi connectivity index (χ4v) is 2.09. The summed E-state index contributed by atoms with van der Waals surface area (Å²) < 4.78 is 41.3. The van der Waals surface area contributed by atoms with E-state index < -0.39 is 37.0 Å². The quantitative estimate of drug-likeness (QED) is 0.708. The van der Waals surface area contributed by atoms with Crippen molar-refractivity contribution in [3.8, 4) is 0 Å². The number of nitrogens with one attached hydrogen (secondary N) is 1. The molecule has 1 atom stereocenters. The number of esters is 1. The average Bonchev–Trinajstić information content (AvgIpc) is 2.54. The van der Waals surface area contributed by atoms with Crippen LogP contribution in [0.5, 0.6) is 0 Å². The highest BCUT2D eigenvalue weighted by Gasteiger charge is 2.28. The Balaban J connectivity index is 2.60. The Morgan fingerprint density at radius 3 is 2.38 bits per heavy atom. The minimum Gasteiger partial charge on any atom is -0.469 e. The number of amides is 1. The smallest absolute Gasteiger partial charge is 0.389 e. The second-order valence-electron chi connectivity index (χ2n) is 5.24. The van der Waals surface area contributed by atoms with Gasteiger partial charge in [0.2, 0.25) is 0 Å². The number of halogens is 3. The van der Waals surface area contributed by atoms with E-state index in [0.29, 0.717) is 11.1 Å². The van der Waals surface area contributed by atoms with E-state index in [2.05, 4.69) is 10.1 Å². The second-order valence-corrected chi connectivity index (χ2v) is 5.24. The summed E-state index contributed by atoms with van der Waals surface area (Å²) in [5.74, 6) is -1.48. The molecule has 0 aliphatic heterocycles. The summed E-state index contributed by atoms with van der Waals surface area (Å²) in [5.41, 5.74) is 0.851. The molecule has 0 saturated heterocycles. The third kappa shape index (κ3) is 6.99. The number of hydrogen-bond acceptors (Lipinski definition) is 4. The van der Waals surface area contributed by atoms with Crippen molar-refractivity contribution < 1.29 is 32.6 Å². The number of rotatable bonds is 8. The maximum absolute atomic E-state index is 12.3. The molecule has 0 saturated carbocycles. The Labute approximate surface area is 137 Å². The van der Waals surface area contributed by atoms with Gasteiger partial charge in [-0.1, -0.05) is 12.1 Å². The number of ether oxygens (including phenoxy) is 1. The van der Waals surface area contributed by atoms with E-state index in [-0.39, 0.29) is 19.4 Å². The van der Waals surface area contributed by atoms with Gasteiger partial charge in [0.15, 0.2) is 0 Å². The Morgan fingerprint density at radius 2 is 1.88 bits per heavy atom. The van der Waals surface area contributed by atoms with E-state index in [4.69, 9.17) is 0 Å². The molecule has 0 spiro atoms. The predicted octanol–water partition coefficient (Wildman–Crippen LogP) is 2.40. The first kappa shape index (κ1) is 20.0. The zero-order chi connectivity index (χ0) is 18.2. The van der Waals surface area contributed by atoms with E-state index in [9.17, 15) is 27.9 Å². The van der Waals surface area contributed by atoms with Crippen molar-refractivity contribution in [3.63, 3.8) is 0 Å². The summed E-state index contributed by atoms with van der Waals surface area (Å²) in [6.07, 6.45) is -5.42. The molecule has 0 aliphatic carbocycles. The molecule has 8 heteroatoms. The van der Waals surface area contributed by atoms with Crippen LogP contribution in [-0.2, 0) is 9.53 Å². The number of benzene rings is 1. The minimum atomic E-state index is -4.27. The fraction of sp³-hybridized carbons (Fsp3) is 0.500. The van der Waals surface area contributed by atoms with Crippen molar-refractivity contribution in [1.29, 1.82) is 0 Å². The summed E-state index contributed by atoms with van der Waals surface area (Å²) >= 11 is 0. The van der Waals surface area contributed by atoms with Crippen molar-refractivity contribution in [1.82, 2.24) is 5.32 Å². The maximum atomic E-state index is 12.3. The lowest BCUT2D eigenvalue weighted by Crippen LogP contribution is -2.26. The molecule has 0 aliphatic rings. The van der Waals surface area contributed by atoms with E-state index in [1.165, 1.54) is 31.4 Å². The first-order chi connectivity index (χ1) is 11.3. The molecule has 0 radical (unpaired) electrons. The van der Waals surface area contributed by atoms with Crippen molar-refractivity contribution >= 4 is 11.9 Å². The van der Waals surface area contributed by atoms with Gasteiger partial charge in [-0.3, -0.25) is 9.59 Å². The standard InChI is InChI=1S/C16H20F3NO4/c1-24-14(22)7-9-20-15(23)12-4-2-11(3-5-12)13(10-21)6-8-16(17,18)19/h2-5,13,21H,6-10H2,1H3,(H,20,23). The number of alkyl halides is 3. The van der Waals surface area contributed by atoms with E-state index >= 15 is 0 Å². The fourth-order valence-electron chi connectivity index (χ4n) is 2.09. The van der Waals surface area contributed by atoms with Crippen molar-refractivity contribution in [2.45, 2.75) is 31.4 Å². The van der Waals surface area contributed by atoms with E-state index in [1.807, 2.05) is 0 Å². The number of carbonyl (C=O) groups excluding carboxylic acids is 2. The van der Waals surface area contributed by atoms with Crippen LogP contribution in [0.1, 0.15) is 41.1 Å². The van der Waals surface area contributed by atoms with Crippen LogP contribution in [0, 0.1) is 0 Å². The van der Waals surface area contributed by atoms with Crippen molar-refractivity contribution in [2.75, 3.05) is 20.3 Å². The van der Waals surface area contributed by atoms with Gasteiger partial charge in [-0.15, -0.1) is 0 Å². The van der Waals surface area contributed by atoms with Gasteiger partial charge in [0, 0.05) is 31.1 Å². The predicted molar refractivity (Wildman–Crippen MR) is 80.5 cm³/mol. The molecule has 0 heterocycles. The highest BCUT2D eigenvalue weighted by Crippen LogP contribution is 2.28. The van der Waals surface area contributed by atoms with Crippen LogP contribution in [0.2, 0.25) is 0 Å². The highest BCUT2D eigenvalue weighted by molar-refractivity contribution is 5.94. The van der Waals surface area contributed by atoms with Crippen LogP contribution in [0.25, 0.3) is 0 Å². The normalized spacial score (nSPS) is 12.5. The van der Waals surface area contributed by atoms with Crippen LogP contribution >= 0.6 is 0 Å². The average molecular weight is 347 g/mol. The highest BCUT2D eigenvalue weighted by atomic mass is 19.4. The van der Waals surface area contributed by atoms with Gasteiger partial charge in [0.25, 0.3) is 5.91 Å². The lowest BCUT2D eigenvalue weighted by molar-refractivity contribution is -0.140. The summed E-state index contributed by atoms with van der Waals surface area (Å²) in [5, 5.41) is 11.8. The lowest BCUT2D eigenvalue weighted by atomic mass is 9.94. The molecule has 0 bridgehead atoms. The molecule has 134 valence electrons. The van der Waals surface area contributed by atoms with Crippen LogP contribution in [0.3, 0.4) is 0 Å². The summed E-state index contributed by atoms with van der Waals surface area (Å²) in [6.45, 7) is -0.279. The van der Waals surface area contributed by atoms with Gasteiger partial charge >= 0.3 is 12.1 Å². The van der Waals surface area contributed by atoms with Gasteiger partial charge < -0.3 is 15.2 Å². The number of aliphatic hydroxyl groups excluding tert-OH is 1. The first-order valence-corrected chi connectivity index (χ1v) is 7.39. The van der Waals surface area contributed by atoms with Crippen LogP contribution in [0.4, 0.5) is 13.2 Å². The van der Waals surface area contributed by atoms with Gasteiger partial charge in [0.05, 0.1) is 13.5 Å². The van der Waals surface area contributed by atoms with Gasteiger partial charge in [0.1, 0.15) is 0 Å². The Hall–Kier alpha value is -2.09.